The van der Waals surface area contributed by atoms with E-state index in [0.717, 1.165) is 0 Å². The van der Waals surface area contributed by atoms with Gasteiger partial charge >= 0.3 is 0 Å². The summed E-state index contributed by atoms with van der Waals surface area (Å²) in [6.07, 6.45) is 2.24. The van der Waals surface area contributed by atoms with Gasteiger partial charge in [0.05, 0.1) is 13.2 Å². The zero-order valence-corrected chi connectivity index (χ0v) is 14.1. The molecule has 0 atom stereocenters. The summed E-state index contributed by atoms with van der Waals surface area (Å²) in [5.41, 5.74) is 7.47. The van der Waals surface area contributed by atoms with Crippen molar-refractivity contribution in [3.8, 4) is 0 Å². The highest BCUT2D eigenvalue weighted by molar-refractivity contribution is 5.86. The van der Waals surface area contributed by atoms with Gasteiger partial charge in [-0.25, -0.2) is 0 Å². The van der Waals surface area contributed by atoms with Crippen molar-refractivity contribution in [3.05, 3.63) is 119 Å². The second-order valence-corrected chi connectivity index (χ2v) is 6.16. The summed E-state index contributed by atoms with van der Waals surface area (Å²) in [6.45, 7) is 1.31. The van der Waals surface area contributed by atoms with Crippen LogP contribution in [0.25, 0.3) is 11.6 Å². The highest BCUT2D eigenvalue weighted by Crippen LogP contribution is 2.34. The molecule has 25 heavy (non-hydrogen) atoms. The molecule has 0 unspecified atom stereocenters. The minimum absolute atomic E-state index is 0.651. The lowest BCUT2D eigenvalue weighted by atomic mass is 9.90. The molecule has 0 saturated carbocycles. The van der Waals surface area contributed by atoms with E-state index in [4.69, 9.17) is 4.74 Å². The summed E-state index contributed by atoms with van der Waals surface area (Å²) < 4.78 is 5.84. The maximum absolute atomic E-state index is 5.84. The van der Waals surface area contributed by atoms with Gasteiger partial charge in [-0.15, -0.1) is 0 Å². The molecular formula is C24H20O. The van der Waals surface area contributed by atoms with Crippen LogP contribution in [0.3, 0.4) is 0 Å². The van der Waals surface area contributed by atoms with Crippen LogP contribution < -0.4 is 0 Å². The van der Waals surface area contributed by atoms with E-state index in [9.17, 15) is 0 Å². The summed E-state index contributed by atoms with van der Waals surface area (Å²) >= 11 is 0. The van der Waals surface area contributed by atoms with Crippen molar-refractivity contribution in [2.24, 2.45) is 0 Å². The summed E-state index contributed by atoms with van der Waals surface area (Å²) in [6, 6.07) is 31.6. The number of rotatable bonds is 3. The largest absolute Gasteiger partial charge is 0.372 e. The fourth-order valence-electron chi connectivity index (χ4n) is 3.28. The lowest BCUT2D eigenvalue weighted by Crippen LogP contribution is -1.97. The molecule has 0 N–H and O–H groups in total. The van der Waals surface area contributed by atoms with Gasteiger partial charge in [-0.05, 0) is 39.5 Å². The van der Waals surface area contributed by atoms with Crippen molar-refractivity contribution >= 4 is 11.6 Å². The van der Waals surface area contributed by atoms with E-state index in [-0.39, 0.29) is 0 Å². The fourth-order valence-corrected chi connectivity index (χ4v) is 3.28. The first-order chi connectivity index (χ1) is 12.4. The third kappa shape index (κ3) is 3.47. The van der Waals surface area contributed by atoms with Crippen LogP contribution in [0.5, 0.6) is 0 Å². The van der Waals surface area contributed by atoms with Crippen LogP contribution in [-0.4, -0.2) is 13.2 Å². The molecule has 1 heteroatoms. The van der Waals surface area contributed by atoms with Crippen LogP contribution in [0.2, 0.25) is 0 Å². The molecule has 1 nitrogen and oxygen atoms in total. The molecule has 1 aliphatic rings. The van der Waals surface area contributed by atoms with Gasteiger partial charge in [-0.2, -0.15) is 0 Å². The van der Waals surface area contributed by atoms with Gasteiger partial charge in [0.25, 0.3) is 0 Å². The number of hydrogen-bond donors (Lipinski definition) is 0. The first kappa shape index (κ1) is 15.6. The molecule has 1 fully saturated rings. The van der Waals surface area contributed by atoms with E-state index in [0.29, 0.717) is 13.2 Å². The van der Waals surface area contributed by atoms with Crippen LogP contribution in [0.15, 0.2) is 102 Å². The van der Waals surface area contributed by atoms with Crippen LogP contribution in [-0.2, 0) is 4.74 Å². The Labute approximate surface area is 148 Å². The Bertz CT molecular complexity index is 849. The number of ether oxygens (including phenoxy) is 1. The van der Waals surface area contributed by atoms with Crippen LogP contribution >= 0.6 is 0 Å². The summed E-state index contributed by atoms with van der Waals surface area (Å²) in [7, 11) is 0. The molecule has 1 saturated heterocycles. The lowest BCUT2D eigenvalue weighted by molar-refractivity contribution is 0.215. The first-order valence-electron chi connectivity index (χ1n) is 8.59. The summed E-state index contributed by atoms with van der Waals surface area (Å²) in [4.78, 5) is 0. The predicted molar refractivity (Wildman–Crippen MR) is 104 cm³/mol. The Morgan fingerprint density at radius 3 is 1.72 bits per heavy atom. The van der Waals surface area contributed by atoms with Crippen LogP contribution in [0.4, 0.5) is 0 Å². The molecule has 0 aromatic heterocycles. The van der Waals surface area contributed by atoms with Crippen molar-refractivity contribution in [1.29, 1.82) is 0 Å². The Hall–Kier alpha value is -2.90. The molecule has 4 rings (SSSR count). The zero-order chi connectivity index (χ0) is 16.9. The molecule has 3 aromatic carbocycles. The van der Waals surface area contributed by atoms with E-state index in [1.54, 1.807) is 0 Å². The van der Waals surface area contributed by atoms with E-state index in [1.807, 2.05) is 6.07 Å². The molecule has 0 aliphatic carbocycles. The second kappa shape index (κ2) is 7.33. The quantitative estimate of drug-likeness (QED) is 0.609. The monoisotopic (exact) mass is 324 g/mol. The minimum Gasteiger partial charge on any atom is -0.372 e. The Kier molecular flexibility index (Phi) is 4.58. The van der Waals surface area contributed by atoms with Crippen molar-refractivity contribution in [2.45, 2.75) is 0 Å². The predicted octanol–water partition coefficient (Wildman–Crippen LogP) is 5.60. The van der Waals surface area contributed by atoms with E-state index in [1.165, 1.54) is 33.4 Å². The summed E-state index contributed by atoms with van der Waals surface area (Å²) in [5, 5.41) is 0. The van der Waals surface area contributed by atoms with Gasteiger partial charge in [0, 0.05) is 0 Å². The Balaban J connectivity index is 1.89. The zero-order valence-electron chi connectivity index (χ0n) is 14.1. The normalized spacial score (nSPS) is 15.5. The third-order valence-corrected chi connectivity index (χ3v) is 4.46. The number of hydrogen-bond acceptors (Lipinski definition) is 1. The van der Waals surface area contributed by atoms with Gasteiger partial charge in [0.2, 0.25) is 0 Å². The molecule has 3 aromatic rings. The topological polar surface area (TPSA) is 9.23 Å². The van der Waals surface area contributed by atoms with Crippen molar-refractivity contribution in [2.75, 3.05) is 13.2 Å². The van der Waals surface area contributed by atoms with Gasteiger partial charge in [0.1, 0.15) is 0 Å². The SMILES string of the molecule is C(=C1\COCC1=C(c1ccccc1)c1ccccc1)/c1ccccc1. The van der Waals surface area contributed by atoms with Crippen molar-refractivity contribution < 1.29 is 4.74 Å². The average molecular weight is 324 g/mol. The molecule has 1 heterocycles. The first-order valence-corrected chi connectivity index (χ1v) is 8.59. The second-order valence-electron chi connectivity index (χ2n) is 6.16. The van der Waals surface area contributed by atoms with E-state index in [2.05, 4.69) is 91.0 Å². The van der Waals surface area contributed by atoms with Crippen LogP contribution in [0.1, 0.15) is 16.7 Å². The molecule has 122 valence electrons. The molecule has 1 aliphatic heterocycles. The third-order valence-electron chi connectivity index (χ3n) is 4.46. The maximum atomic E-state index is 5.84. The van der Waals surface area contributed by atoms with E-state index < -0.39 is 0 Å². The highest BCUT2D eigenvalue weighted by Gasteiger charge is 2.20. The fraction of sp³-hybridized carbons (Fsp3) is 0.0833. The van der Waals surface area contributed by atoms with E-state index >= 15 is 0 Å². The van der Waals surface area contributed by atoms with Crippen molar-refractivity contribution in [3.63, 3.8) is 0 Å². The van der Waals surface area contributed by atoms with Gasteiger partial charge in [-0.1, -0.05) is 91.0 Å². The number of benzene rings is 3. The highest BCUT2D eigenvalue weighted by atomic mass is 16.5. The molecule has 0 spiro atoms. The maximum Gasteiger partial charge on any atom is 0.0731 e. The molecular weight excluding hydrogens is 304 g/mol. The van der Waals surface area contributed by atoms with Gasteiger partial charge in [-0.3, -0.25) is 0 Å². The molecule has 0 radical (unpaired) electrons. The molecule has 0 bridgehead atoms. The summed E-state index contributed by atoms with van der Waals surface area (Å²) in [5.74, 6) is 0. The smallest absolute Gasteiger partial charge is 0.0731 e. The Morgan fingerprint density at radius 1 is 0.640 bits per heavy atom. The minimum atomic E-state index is 0.651. The lowest BCUT2D eigenvalue weighted by Gasteiger charge is -2.13. The molecule has 0 amide bonds. The van der Waals surface area contributed by atoms with Crippen molar-refractivity contribution in [1.82, 2.24) is 0 Å². The van der Waals surface area contributed by atoms with Gasteiger partial charge < -0.3 is 4.74 Å². The standard InChI is InChI=1S/C24H20O/c1-4-10-19(11-5-1)16-22-17-25-18-23(22)24(20-12-6-2-7-13-20)21-14-8-3-9-15-21/h1-16H,17-18H2/b22-16-. The average Bonchev–Trinajstić information content (AvgIpc) is 3.12. The van der Waals surface area contributed by atoms with Gasteiger partial charge in [0.15, 0.2) is 0 Å². The Morgan fingerprint density at radius 2 is 1.16 bits per heavy atom. The van der Waals surface area contributed by atoms with Crippen LogP contribution in [0, 0.1) is 0 Å².